The molecule has 1 aromatic carbocycles. The lowest BCUT2D eigenvalue weighted by Gasteiger charge is -2.16. The van der Waals surface area contributed by atoms with Crippen molar-refractivity contribution in [3.05, 3.63) is 46.5 Å². The molecule has 1 amide bonds. The summed E-state index contributed by atoms with van der Waals surface area (Å²) in [5, 5.41) is 3.77. The number of nitrogens with two attached hydrogens (primary N) is 1. The Morgan fingerprint density at radius 1 is 1.23 bits per heavy atom. The first-order valence-electron chi connectivity index (χ1n) is 9.48. The molecule has 5 nitrogen and oxygen atoms in total. The van der Waals surface area contributed by atoms with E-state index in [0.717, 1.165) is 31.1 Å². The van der Waals surface area contributed by atoms with Gasteiger partial charge < -0.3 is 11.1 Å². The molecule has 4 rings (SSSR count). The molecule has 2 aliphatic rings. The van der Waals surface area contributed by atoms with Gasteiger partial charge in [-0.15, -0.1) is 11.3 Å². The van der Waals surface area contributed by atoms with Crippen LogP contribution in [0.2, 0.25) is 0 Å². The van der Waals surface area contributed by atoms with E-state index in [4.69, 9.17) is 5.73 Å². The van der Waals surface area contributed by atoms with Gasteiger partial charge in [0.25, 0.3) is 0 Å². The monoisotopic (exact) mass is 370 g/mol. The van der Waals surface area contributed by atoms with Gasteiger partial charge >= 0.3 is 0 Å². The zero-order chi connectivity index (χ0) is 17.9. The van der Waals surface area contributed by atoms with Crippen molar-refractivity contribution in [2.45, 2.75) is 31.6 Å². The second-order valence-corrected chi connectivity index (χ2v) is 8.43. The molecule has 3 N–H and O–H groups in total. The van der Waals surface area contributed by atoms with Crippen LogP contribution in [-0.2, 0) is 17.6 Å². The normalized spacial score (nSPS) is 23.0. The fraction of sp³-hybridized carbons (Fsp3) is 0.500. The summed E-state index contributed by atoms with van der Waals surface area (Å²) in [7, 11) is 0. The predicted octanol–water partition coefficient (Wildman–Crippen LogP) is 2.63. The molecule has 0 radical (unpaired) electrons. The number of nitrogens with one attached hydrogen (secondary N) is 1. The molecular weight excluding hydrogens is 344 g/mol. The number of amides is 1. The molecule has 0 saturated carbocycles. The number of carbonyl (C=O) groups is 1. The van der Waals surface area contributed by atoms with Crippen LogP contribution < -0.4 is 11.1 Å². The lowest BCUT2D eigenvalue weighted by Crippen LogP contribution is -2.32. The molecule has 26 heavy (non-hydrogen) atoms. The van der Waals surface area contributed by atoms with Crippen LogP contribution in [0, 0.1) is 5.92 Å². The Labute approximate surface area is 158 Å². The van der Waals surface area contributed by atoms with Gasteiger partial charge in [-0.25, -0.2) is 4.98 Å². The molecule has 1 fully saturated rings. The second kappa shape index (κ2) is 7.86. The van der Waals surface area contributed by atoms with Gasteiger partial charge in [-0.2, -0.15) is 0 Å². The Balaban J connectivity index is 1.36. The Bertz CT molecular complexity index is 737. The zero-order valence-electron chi connectivity index (χ0n) is 15.0. The zero-order valence-corrected chi connectivity index (χ0v) is 15.8. The van der Waals surface area contributed by atoms with E-state index in [1.165, 1.54) is 29.0 Å². The molecule has 1 aromatic heterocycles. The first kappa shape index (κ1) is 17.6. The minimum absolute atomic E-state index is 0.0283. The van der Waals surface area contributed by atoms with E-state index in [1.54, 1.807) is 11.3 Å². The lowest BCUT2D eigenvalue weighted by molar-refractivity contribution is -0.117. The van der Waals surface area contributed by atoms with Crippen LogP contribution in [0.15, 0.2) is 30.3 Å². The highest BCUT2D eigenvalue weighted by atomic mass is 32.1. The number of anilines is 1. The van der Waals surface area contributed by atoms with Crippen molar-refractivity contribution in [3.63, 3.8) is 0 Å². The molecule has 0 spiro atoms. The SMILES string of the molecule is NC[C@@H]1CN(CC(=O)Nc2nc3c(s2)CCCC3)C[C@H]1c1ccccc1. The van der Waals surface area contributed by atoms with Crippen LogP contribution in [0.1, 0.15) is 34.9 Å². The van der Waals surface area contributed by atoms with Gasteiger partial charge in [-0.1, -0.05) is 30.3 Å². The molecule has 6 heteroatoms. The molecule has 138 valence electrons. The Morgan fingerprint density at radius 3 is 2.81 bits per heavy atom. The molecule has 0 unspecified atom stereocenters. The molecule has 2 aromatic rings. The quantitative estimate of drug-likeness (QED) is 0.849. The summed E-state index contributed by atoms with van der Waals surface area (Å²) in [4.78, 5) is 20.7. The van der Waals surface area contributed by atoms with Crippen LogP contribution in [0.3, 0.4) is 0 Å². The van der Waals surface area contributed by atoms with Gasteiger partial charge in [-0.05, 0) is 43.7 Å². The number of aromatic nitrogens is 1. The van der Waals surface area contributed by atoms with Crippen LogP contribution in [0.4, 0.5) is 5.13 Å². The van der Waals surface area contributed by atoms with E-state index in [9.17, 15) is 4.79 Å². The maximum Gasteiger partial charge on any atom is 0.240 e. The topological polar surface area (TPSA) is 71.2 Å². The van der Waals surface area contributed by atoms with Gasteiger partial charge in [0.05, 0.1) is 12.2 Å². The first-order valence-corrected chi connectivity index (χ1v) is 10.3. The van der Waals surface area contributed by atoms with Crippen molar-refractivity contribution in [3.8, 4) is 0 Å². The smallest absolute Gasteiger partial charge is 0.240 e. The van der Waals surface area contributed by atoms with Crippen molar-refractivity contribution in [1.82, 2.24) is 9.88 Å². The van der Waals surface area contributed by atoms with E-state index in [1.807, 2.05) is 6.07 Å². The van der Waals surface area contributed by atoms with Crippen molar-refractivity contribution in [1.29, 1.82) is 0 Å². The van der Waals surface area contributed by atoms with Crippen LogP contribution >= 0.6 is 11.3 Å². The van der Waals surface area contributed by atoms with Gasteiger partial charge in [0.1, 0.15) is 0 Å². The summed E-state index contributed by atoms with van der Waals surface area (Å²) < 4.78 is 0. The molecule has 2 atom stereocenters. The molecule has 1 saturated heterocycles. The number of hydrogen-bond donors (Lipinski definition) is 2. The third-order valence-corrected chi connectivity index (χ3v) is 6.58. The third kappa shape index (κ3) is 3.82. The molecule has 0 bridgehead atoms. The fourth-order valence-corrected chi connectivity index (χ4v) is 5.24. The number of rotatable bonds is 5. The third-order valence-electron chi connectivity index (χ3n) is 5.51. The Morgan fingerprint density at radius 2 is 2.04 bits per heavy atom. The maximum absolute atomic E-state index is 12.5. The molecular formula is C20H26N4OS. The second-order valence-electron chi connectivity index (χ2n) is 7.35. The predicted molar refractivity (Wildman–Crippen MR) is 106 cm³/mol. The fourth-order valence-electron chi connectivity index (χ4n) is 4.17. The number of aryl methyl sites for hydroxylation is 2. The minimum Gasteiger partial charge on any atom is -0.330 e. The standard InChI is InChI=1S/C20H26N4OS/c21-10-15-11-24(12-16(15)14-6-2-1-3-7-14)13-19(25)23-20-22-17-8-4-5-9-18(17)26-20/h1-3,6-7,15-16H,4-5,8-13,21H2,(H,22,23,25)/t15-,16+/m1/s1. The van der Waals surface area contributed by atoms with E-state index in [0.29, 0.717) is 24.9 Å². The highest BCUT2D eigenvalue weighted by molar-refractivity contribution is 7.15. The molecule has 1 aliphatic heterocycles. The van der Waals surface area contributed by atoms with Crippen molar-refractivity contribution in [2.24, 2.45) is 11.7 Å². The maximum atomic E-state index is 12.5. The van der Waals surface area contributed by atoms with Crippen molar-refractivity contribution < 1.29 is 4.79 Å². The molecule has 1 aliphatic carbocycles. The van der Waals surface area contributed by atoms with Crippen molar-refractivity contribution in [2.75, 3.05) is 31.5 Å². The van der Waals surface area contributed by atoms with E-state index >= 15 is 0 Å². The highest BCUT2D eigenvalue weighted by Crippen LogP contribution is 2.32. The number of hydrogen-bond acceptors (Lipinski definition) is 5. The lowest BCUT2D eigenvalue weighted by atomic mass is 9.89. The Kier molecular flexibility index (Phi) is 5.33. The van der Waals surface area contributed by atoms with Crippen LogP contribution in [0.25, 0.3) is 0 Å². The first-order chi connectivity index (χ1) is 12.7. The van der Waals surface area contributed by atoms with E-state index in [-0.39, 0.29) is 5.91 Å². The number of fused-ring (bicyclic) bond motifs is 1. The summed E-state index contributed by atoms with van der Waals surface area (Å²) in [6, 6.07) is 10.5. The largest absolute Gasteiger partial charge is 0.330 e. The summed E-state index contributed by atoms with van der Waals surface area (Å²) >= 11 is 1.64. The van der Waals surface area contributed by atoms with Crippen LogP contribution in [0.5, 0.6) is 0 Å². The Hall–Kier alpha value is -1.76. The average Bonchev–Trinajstić information content (AvgIpc) is 3.25. The summed E-state index contributed by atoms with van der Waals surface area (Å²) in [6.07, 6.45) is 4.59. The number of carbonyl (C=O) groups excluding carboxylic acids is 1. The number of likely N-dealkylation sites (tertiary alicyclic amines) is 1. The summed E-state index contributed by atoms with van der Waals surface area (Å²) in [6.45, 7) is 2.81. The number of thiazole rings is 1. The average molecular weight is 371 g/mol. The minimum atomic E-state index is 0.0283. The van der Waals surface area contributed by atoms with E-state index in [2.05, 4.69) is 39.5 Å². The van der Waals surface area contributed by atoms with Gasteiger partial charge in [0.15, 0.2) is 5.13 Å². The summed E-state index contributed by atoms with van der Waals surface area (Å²) in [5.41, 5.74) is 8.50. The van der Waals surface area contributed by atoms with Gasteiger partial charge in [-0.3, -0.25) is 9.69 Å². The van der Waals surface area contributed by atoms with Gasteiger partial charge in [0, 0.05) is 23.9 Å². The summed E-state index contributed by atoms with van der Waals surface area (Å²) in [5.74, 6) is 0.833. The number of nitrogens with zero attached hydrogens (tertiary/aromatic N) is 2. The van der Waals surface area contributed by atoms with E-state index < -0.39 is 0 Å². The molecule has 2 heterocycles. The highest BCUT2D eigenvalue weighted by Gasteiger charge is 2.33. The van der Waals surface area contributed by atoms with Gasteiger partial charge in [0.2, 0.25) is 5.91 Å². The van der Waals surface area contributed by atoms with Crippen molar-refractivity contribution >= 4 is 22.4 Å². The van der Waals surface area contributed by atoms with Crippen LogP contribution in [-0.4, -0.2) is 42.0 Å². The number of benzene rings is 1.